The Kier molecular flexibility index (Phi) is 4.72. The van der Waals surface area contributed by atoms with Crippen molar-refractivity contribution in [2.45, 2.75) is 63.2 Å². The second-order valence-corrected chi connectivity index (χ2v) is 6.66. The molecule has 2 aliphatic rings. The van der Waals surface area contributed by atoms with Crippen molar-refractivity contribution in [1.29, 1.82) is 0 Å². The van der Waals surface area contributed by atoms with Crippen LogP contribution >= 0.6 is 11.6 Å². The smallest absolute Gasteiger partial charge is 0.142 e. The molecule has 2 N–H and O–H groups in total. The van der Waals surface area contributed by atoms with Gasteiger partial charge in [0.1, 0.15) is 11.9 Å². The van der Waals surface area contributed by atoms with Crippen LogP contribution in [-0.2, 0) is 11.3 Å². The Morgan fingerprint density at radius 3 is 2.86 bits per heavy atom. The molecule has 1 aromatic carbocycles. The summed E-state index contributed by atoms with van der Waals surface area (Å²) in [7, 11) is 0. The lowest BCUT2D eigenvalue weighted by molar-refractivity contribution is -0.129. The normalized spacial score (nSPS) is 25.0. The van der Waals surface area contributed by atoms with Crippen molar-refractivity contribution < 1.29 is 9.47 Å². The molecule has 21 heavy (non-hydrogen) atoms. The van der Waals surface area contributed by atoms with Gasteiger partial charge in [-0.15, -0.1) is 0 Å². The average Bonchev–Trinajstić information content (AvgIpc) is 2.50. The van der Waals surface area contributed by atoms with E-state index in [1.165, 1.54) is 32.1 Å². The highest BCUT2D eigenvalue weighted by atomic mass is 35.5. The summed E-state index contributed by atoms with van der Waals surface area (Å²) < 4.78 is 12.4. The van der Waals surface area contributed by atoms with Crippen LogP contribution in [0, 0.1) is 0 Å². The largest absolute Gasteiger partial charge is 0.488 e. The molecule has 116 valence electrons. The van der Waals surface area contributed by atoms with Gasteiger partial charge in [-0.1, -0.05) is 43.0 Å². The maximum absolute atomic E-state index is 6.29. The molecule has 0 radical (unpaired) electrons. The van der Waals surface area contributed by atoms with E-state index in [1.807, 2.05) is 18.2 Å². The van der Waals surface area contributed by atoms with E-state index >= 15 is 0 Å². The molecule has 1 saturated carbocycles. The van der Waals surface area contributed by atoms with Crippen LogP contribution in [0.15, 0.2) is 18.2 Å². The third kappa shape index (κ3) is 3.36. The van der Waals surface area contributed by atoms with E-state index in [1.54, 1.807) is 0 Å². The summed E-state index contributed by atoms with van der Waals surface area (Å²) in [5.41, 5.74) is 6.82. The van der Waals surface area contributed by atoms with Crippen molar-refractivity contribution in [3.8, 4) is 5.75 Å². The maximum atomic E-state index is 6.29. The fourth-order valence-corrected chi connectivity index (χ4v) is 3.88. The molecular weight excluding hydrogens is 286 g/mol. The minimum atomic E-state index is 0.0469. The van der Waals surface area contributed by atoms with Gasteiger partial charge in [0, 0.05) is 24.9 Å². The van der Waals surface area contributed by atoms with Crippen molar-refractivity contribution in [1.82, 2.24) is 0 Å². The van der Waals surface area contributed by atoms with E-state index in [9.17, 15) is 0 Å². The molecule has 0 bridgehead atoms. The minimum absolute atomic E-state index is 0.0469. The van der Waals surface area contributed by atoms with Crippen LogP contribution < -0.4 is 10.5 Å². The number of ether oxygens (including phenoxy) is 2. The molecule has 1 heterocycles. The number of halogens is 1. The lowest BCUT2D eigenvalue weighted by Crippen LogP contribution is -2.45. The highest BCUT2D eigenvalue weighted by molar-refractivity contribution is 6.32. The molecule has 0 amide bonds. The Balaban J connectivity index is 1.73. The molecule has 1 atom stereocenters. The maximum Gasteiger partial charge on any atom is 0.142 e. The van der Waals surface area contributed by atoms with Crippen LogP contribution in [0.5, 0.6) is 5.75 Å². The second kappa shape index (κ2) is 6.55. The third-order valence-corrected chi connectivity index (χ3v) is 5.06. The van der Waals surface area contributed by atoms with E-state index in [-0.39, 0.29) is 11.7 Å². The fraction of sp³-hybridized carbons (Fsp3) is 0.647. The zero-order valence-corrected chi connectivity index (χ0v) is 13.2. The predicted molar refractivity (Wildman–Crippen MR) is 84.8 cm³/mol. The molecule has 1 aliphatic heterocycles. The second-order valence-electron chi connectivity index (χ2n) is 6.26. The van der Waals surface area contributed by atoms with Crippen LogP contribution in [0.3, 0.4) is 0 Å². The van der Waals surface area contributed by atoms with Gasteiger partial charge in [0.25, 0.3) is 0 Å². The summed E-state index contributed by atoms with van der Waals surface area (Å²) in [6.07, 6.45) is 8.29. The Bertz CT molecular complexity index is 480. The Morgan fingerprint density at radius 1 is 1.29 bits per heavy atom. The molecular formula is C17H24ClNO2. The van der Waals surface area contributed by atoms with E-state index in [2.05, 4.69) is 0 Å². The van der Waals surface area contributed by atoms with Crippen molar-refractivity contribution in [2.24, 2.45) is 5.73 Å². The van der Waals surface area contributed by atoms with Crippen molar-refractivity contribution in [3.05, 3.63) is 28.8 Å². The van der Waals surface area contributed by atoms with Gasteiger partial charge in [-0.05, 0) is 18.9 Å². The molecule has 3 nitrogen and oxygen atoms in total. The highest BCUT2D eigenvalue weighted by Crippen LogP contribution is 2.40. The zero-order valence-electron chi connectivity index (χ0n) is 12.4. The van der Waals surface area contributed by atoms with Gasteiger partial charge in [0.2, 0.25) is 0 Å². The number of nitrogens with two attached hydrogens (primary N) is 1. The summed E-state index contributed by atoms with van der Waals surface area (Å²) >= 11 is 6.29. The molecule has 1 spiro atoms. The molecule has 1 unspecified atom stereocenters. The predicted octanol–water partition coefficient (Wildman–Crippen LogP) is 4.06. The van der Waals surface area contributed by atoms with Gasteiger partial charge in [-0.2, -0.15) is 0 Å². The number of hydrogen-bond donors (Lipinski definition) is 1. The summed E-state index contributed by atoms with van der Waals surface area (Å²) in [5.74, 6) is 0.763. The first kappa shape index (κ1) is 15.1. The highest BCUT2D eigenvalue weighted by Gasteiger charge is 2.39. The molecule has 1 aromatic rings. The summed E-state index contributed by atoms with van der Waals surface area (Å²) in [6, 6.07) is 5.77. The van der Waals surface area contributed by atoms with Crippen molar-refractivity contribution >= 4 is 11.6 Å². The first-order chi connectivity index (χ1) is 10.2. The van der Waals surface area contributed by atoms with Gasteiger partial charge >= 0.3 is 0 Å². The van der Waals surface area contributed by atoms with E-state index in [0.717, 1.165) is 30.8 Å². The van der Waals surface area contributed by atoms with Gasteiger partial charge in [0.05, 0.1) is 17.2 Å². The lowest BCUT2D eigenvalue weighted by Gasteiger charge is -2.43. The molecule has 1 saturated heterocycles. The van der Waals surface area contributed by atoms with Crippen LogP contribution in [-0.4, -0.2) is 18.3 Å². The molecule has 1 aliphatic carbocycles. The Hall–Kier alpha value is -0.770. The molecule has 0 aromatic heterocycles. The lowest BCUT2D eigenvalue weighted by atomic mass is 9.79. The average molecular weight is 310 g/mol. The zero-order chi connectivity index (χ0) is 14.7. The first-order valence-electron chi connectivity index (χ1n) is 8.00. The standard InChI is InChI=1S/C17H24ClNO2/c18-15-6-4-5-13(12-19)16(15)21-14-7-10-20-17(11-14)8-2-1-3-9-17/h4-6,14H,1-3,7-12,19H2. The van der Waals surface area contributed by atoms with Crippen LogP contribution in [0.2, 0.25) is 5.02 Å². The van der Waals surface area contributed by atoms with Crippen LogP contribution in [0.1, 0.15) is 50.5 Å². The van der Waals surface area contributed by atoms with E-state index < -0.39 is 0 Å². The van der Waals surface area contributed by atoms with E-state index in [0.29, 0.717) is 11.6 Å². The summed E-state index contributed by atoms with van der Waals surface area (Å²) in [4.78, 5) is 0. The summed E-state index contributed by atoms with van der Waals surface area (Å²) in [5, 5.41) is 0.655. The number of hydrogen-bond acceptors (Lipinski definition) is 3. The molecule has 4 heteroatoms. The Labute approximate surface area is 131 Å². The van der Waals surface area contributed by atoms with Gasteiger partial charge in [-0.3, -0.25) is 0 Å². The van der Waals surface area contributed by atoms with Crippen molar-refractivity contribution in [3.63, 3.8) is 0 Å². The minimum Gasteiger partial charge on any atom is -0.488 e. The van der Waals surface area contributed by atoms with Gasteiger partial charge in [0.15, 0.2) is 0 Å². The third-order valence-electron chi connectivity index (χ3n) is 4.77. The molecule has 2 fully saturated rings. The van der Waals surface area contributed by atoms with Crippen LogP contribution in [0.25, 0.3) is 0 Å². The summed E-state index contributed by atoms with van der Waals surface area (Å²) in [6.45, 7) is 1.23. The van der Waals surface area contributed by atoms with E-state index in [4.69, 9.17) is 26.8 Å². The Morgan fingerprint density at radius 2 is 2.10 bits per heavy atom. The topological polar surface area (TPSA) is 44.5 Å². The number of para-hydroxylation sites is 1. The monoisotopic (exact) mass is 309 g/mol. The molecule has 3 rings (SSSR count). The first-order valence-corrected chi connectivity index (χ1v) is 8.38. The van der Waals surface area contributed by atoms with Gasteiger partial charge < -0.3 is 15.2 Å². The quantitative estimate of drug-likeness (QED) is 0.915. The van der Waals surface area contributed by atoms with Crippen LogP contribution in [0.4, 0.5) is 0 Å². The van der Waals surface area contributed by atoms with Crippen molar-refractivity contribution in [2.75, 3.05) is 6.61 Å². The number of rotatable bonds is 3. The fourth-order valence-electron chi connectivity index (χ4n) is 3.64. The number of benzene rings is 1. The van der Waals surface area contributed by atoms with Gasteiger partial charge in [-0.25, -0.2) is 0 Å². The SMILES string of the molecule is NCc1cccc(Cl)c1OC1CCOC2(CCCCC2)C1.